The maximum absolute atomic E-state index is 14.0. The quantitative estimate of drug-likeness (QED) is 0.682. The van der Waals surface area contributed by atoms with E-state index in [-0.39, 0.29) is 11.6 Å². The summed E-state index contributed by atoms with van der Waals surface area (Å²) < 4.78 is 19.1. The van der Waals surface area contributed by atoms with E-state index in [1.165, 1.54) is 18.1 Å². The SMILES string of the molecule is COc1cc2c(N3CCN(CCc4cccs4)CC3)ccnc2cc1F. The van der Waals surface area contributed by atoms with Crippen molar-refractivity contribution in [2.45, 2.75) is 6.42 Å². The molecule has 0 unspecified atom stereocenters. The molecule has 136 valence electrons. The van der Waals surface area contributed by atoms with Gasteiger partial charge in [-0.25, -0.2) is 4.39 Å². The van der Waals surface area contributed by atoms with E-state index >= 15 is 0 Å². The summed E-state index contributed by atoms with van der Waals surface area (Å²) >= 11 is 1.83. The molecule has 0 bridgehead atoms. The summed E-state index contributed by atoms with van der Waals surface area (Å²) in [6, 6.07) is 9.55. The van der Waals surface area contributed by atoms with Gasteiger partial charge in [0, 0.05) is 60.9 Å². The van der Waals surface area contributed by atoms with Crippen molar-refractivity contribution in [3.8, 4) is 5.75 Å². The van der Waals surface area contributed by atoms with Crippen molar-refractivity contribution in [3.05, 3.63) is 52.6 Å². The second-order valence-electron chi connectivity index (χ2n) is 6.49. The highest BCUT2D eigenvalue weighted by molar-refractivity contribution is 7.09. The maximum Gasteiger partial charge on any atom is 0.167 e. The summed E-state index contributed by atoms with van der Waals surface area (Å²) in [6.45, 7) is 5.10. The van der Waals surface area contributed by atoms with Gasteiger partial charge in [-0.2, -0.15) is 0 Å². The smallest absolute Gasteiger partial charge is 0.167 e. The predicted octanol–water partition coefficient (Wildman–Crippen LogP) is 3.81. The second kappa shape index (κ2) is 7.60. The van der Waals surface area contributed by atoms with Crippen LogP contribution in [0, 0.1) is 5.82 Å². The average molecular weight is 371 g/mol. The number of anilines is 1. The number of thiophene rings is 1. The summed E-state index contributed by atoms with van der Waals surface area (Å²) in [6.07, 6.45) is 2.87. The minimum absolute atomic E-state index is 0.265. The average Bonchev–Trinajstić information content (AvgIpc) is 3.19. The van der Waals surface area contributed by atoms with Gasteiger partial charge in [0.1, 0.15) is 0 Å². The molecule has 1 fully saturated rings. The third kappa shape index (κ3) is 3.52. The zero-order chi connectivity index (χ0) is 17.9. The van der Waals surface area contributed by atoms with Gasteiger partial charge in [-0.1, -0.05) is 6.07 Å². The minimum atomic E-state index is -0.372. The Hall–Kier alpha value is -2.18. The molecule has 0 atom stereocenters. The van der Waals surface area contributed by atoms with Crippen LogP contribution >= 0.6 is 11.3 Å². The van der Waals surface area contributed by atoms with Crippen LogP contribution in [0.15, 0.2) is 41.9 Å². The molecule has 1 aliphatic heterocycles. The highest BCUT2D eigenvalue weighted by atomic mass is 32.1. The first-order valence-electron chi connectivity index (χ1n) is 8.86. The lowest BCUT2D eigenvalue weighted by atomic mass is 10.1. The number of nitrogens with zero attached hydrogens (tertiary/aromatic N) is 3. The van der Waals surface area contributed by atoms with Crippen molar-refractivity contribution in [1.82, 2.24) is 9.88 Å². The number of hydrogen-bond acceptors (Lipinski definition) is 5. The third-order valence-electron chi connectivity index (χ3n) is 4.96. The van der Waals surface area contributed by atoms with Crippen molar-refractivity contribution >= 4 is 27.9 Å². The van der Waals surface area contributed by atoms with Gasteiger partial charge >= 0.3 is 0 Å². The number of pyridine rings is 1. The van der Waals surface area contributed by atoms with Crippen molar-refractivity contribution in [1.29, 1.82) is 0 Å². The van der Waals surface area contributed by atoms with E-state index in [2.05, 4.69) is 32.3 Å². The Morgan fingerprint density at radius 1 is 1.19 bits per heavy atom. The second-order valence-corrected chi connectivity index (χ2v) is 7.52. The molecule has 1 aromatic carbocycles. The van der Waals surface area contributed by atoms with Gasteiger partial charge in [0.15, 0.2) is 11.6 Å². The van der Waals surface area contributed by atoms with E-state index in [9.17, 15) is 4.39 Å². The van der Waals surface area contributed by atoms with Crippen molar-refractivity contribution in [3.63, 3.8) is 0 Å². The van der Waals surface area contributed by atoms with Gasteiger partial charge in [0.2, 0.25) is 0 Å². The summed E-state index contributed by atoms with van der Waals surface area (Å²) in [5.74, 6) is -0.107. The van der Waals surface area contributed by atoms with E-state index in [4.69, 9.17) is 4.74 Å². The molecule has 3 aromatic rings. The minimum Gasteiger partial charge on any atom is -0.494 e. The lowest BCUT2D eigenvalue weighted by Crippen LogP contribution is -2.47. The molecule has 1 aliphatic rings. The fourth-order valence-corrected chi connectivity index (χ4v) is 4.20. The van der Waals surface area contributed by atoms with Crippen LogP contribution in [0.4, 0.5) is 10.1 Å². The standard InChI is InChI=1S/C20H22FN3OS/c1-25-20-13-16-18(14-17(20)21)22-6-4-19(16)24-10-8-23(9-11-24)7-5-15-3-2-12-26-15/h2-4,6,12-14H,5,7-11H2,1H3. The third-order valence-corrected chi connectivity index (χ3v) is 5.90. The van der Waals surface area contributed by atoms with E-state index in [0.29, 0.717) is 5.52 Å². The molecule has 0 aliphatic carbocycles. The maximum atomic E-state index is 14.0. The Morgan fingerprint density at radius 2 is 2.04 bits per heavy atom. The van der Waals surface area contributed by atoms with Crippen LogP contribution in [0.2, 0.25) is 0 Å². The number of halogens is 1. The van der Waals surface area contributed by atoms with E-state index in [1.807, 2.05) is 17.4 Å². The normalized spacial score (nSPS) is 15.5. The Kier molecular flexibility index (Phi) is 5.04. The van der Waals surface area contributed by atoms with Gasteiger partial charge in [-0.3, -0.25) is 9.88 Å². The molecule has 1 saturated heterocycles. The Labute approximate surface area is 156 Å². The van der Waals surface area contributed by atoms with Crippen molar-refractivity contribution in [2.24, 2.45) is 0 Å². The molecule has 4 rings (SSSR count). The van der Waals surface area contributed by atoms with E-state index in [0.717, 1.165) is 50.2 Å². The number of piperazine rings is 1. The van der Waals surface area contributed by atoms with Crippen LogP contribution in [-0.2, 0) is 6.42 Å². The van der Waals surface area contributed by atoms with Crippen LogP contribution in [0.1, 0.15) is 4.88 Å². The molecule has 0 N–H and O–H groups in total. The molecule has 0 radical (unpaired) electrons. The van der Waals surface area contributed by atoms with E-state index < -0.39 is 0 Å². The monoisotopic (exact) mass is 371 g/mol. The number of fused-ring (bicyclic) bond motifs is 1. The number of ether oxygens (including phenoxy) is 1. The van der Waals surface area contributed by atoms with Gasteiger partial charge < -0.3 is 9.64 Å². The first-order valence-corrected chi connectivity index (χ1v) is 9.74. The van der Waals surface area contributed by atoms with E-state index in [1.54, 1.807) is 12.3 Å². The van der Waals surface area contributed by atoms with Crippen LogP contribution in [-0.4, -0.2) is 49.7 Å². The lowest BCUT2D eigenvalue weighted by molar-refractivity contribution is 0.261. The molecule has 26 heavy (non-hydrogen) atoms. The number of methoxy groups -OCH3 is 1. The lowest BCUT2D eigenvalue weighted by Gasteiger charge is -2.36. The topological polar surface area (TPSA) is 28.6 Å². The molecular weight excluding hydrogens is 349 g/mol. The Balaban J connectivity index is 1.47. The summed E-state index contributed by atoms with van der Waals surface area (Å²) in [5.41, 5.74) is 1.77. The summed E-state index contributed by atoms with van der Waals surface area (Å²) in [7, 11) is 1.49. The van der Waals surface area contributed by atoms with Gasteiger partial charge in [-0.15, -0.1) is 11.3 Å². The predicted molar refractivity (Wildman–Crippen MR) is 105 cm³/mol. The highest BCUT2D eigenvalue weighted by Gasteiger charge is 2.19. The van der Waals surface area contributed by atoms with Crippen LogP contribution in [0.3, 0.4) is 0 Å². The molecule has 0 saturated carbocycles. The van der Waals surface area contributed by atoms with Gasteiger partial charge in [0.25, 0.3) is 0 Å². The number of benzene rings is 1. The molecule has 4 nitrogen and oxygen atoms in total. The zero-order valence-electron chi connectivity index (χ0n) is 14.8. The molecule has 0 spiro atoms. The molecule has 2 aromatic heterocycles. The highest BCUT2D eigenvalue weighted by Crippen LogP contribution is 2.31. The van der Waals surface area contributed by atoms with Crippen molar-refractivity contribution in [2.75, 3.05) is 44.7 Å². The van der Waals surface area contributed by atoms with Crippen molar-refractivity contribution < 1.29 is 9.13 Å². The molecule has 6 heteroatoms. The van der Waals surface area contributed by atoms with Gasteiger partial charge in [0.05, 0.1) is 12.6 Å². The summed E-state index contributed by atoms with van der Waals surface area (Å²) in [4.78, 5) is 10.6. The molecular formula is C20H22FN3OS. The number of aromatic nitrogens is 1. The van der Waals surface area contributed by atoms with Gasteiger partial charge in [-0.05, 0) is 30.0 Å². The number of hydrogen-bond donors (Lipinski definition) is 0. The molecule has 3 heterocycles. The first kappa shape index (κ1) is 17.2. The number of rotatable bonds is 5. The fourth-order valence-electron chi connectivity index (χ4n) is 3.50. The first-order chi connectivity index (χ1) is 12.7. The van der Waals surface area contributed by atoms with Crippen LogP contribution < -0.4 is 9.64 Å². The van der Waals surface area contributed by atoms with Crippen LogP contribution in [0.25, 0.3) is 10.9 Å². The fraction of sp³-hybridized carbons (Fsp3) is 0.350. The summed E-state index contributed by atoms with van der Waals surface area (Å²) in [5, 5.41) is 3.08. The van der Waals surface area contributed by atoms with Crippen LogP contribution in [0.5, 0.6) is 5.75 Å². The Morgan fingerprint density at radius 3 is 2.77 bits per heavy atom. The Bertz CT molecular complexity index is 876. The molecule has 0 amide bonds. The largest absolute Gasteiger partial charge is 0.494 e. The zero-order valence-corrected chi connectivity index (χ0v) is 15.6.